The summed E-state index contributed by atoms with van der Waals surface area (Å²) in [7, 11) is 0. The van der Waals surface area contributed by atoms with Crippen molar-refractivity contribution >= 4 is 27.8 Å². The van der Waals surface area contributed by atoms with Crippen LogP contribution in [0.15, 0.2) is 22.7 Å². The molecule has 0 spiro atoms. The SMILES string of the molecule is CC(C)(CCNC(=O)c1ccc(Br)c(O)c1)CCC(=O)O. The van der Waals surface area contributed by atoms with Crippen LogP contribution in [0, 0.1) is 5.41 Å². The van der Waals surface area contributed by atoms with Gasteiger partial charge in [-0.3, -0.25) is 9.59 Å². The molecule has 0 unspecified atom stereocenters. The van der Waals surface area contributed by atoms with E-state index in [2.05, 4.69) is 21.2 Å². The first-order chi connectivity index (χ1) is 9.71. The van der Waals surface area contributed by atoms with Gasteiger partial charge in [-0.1, -0.05) is 13.8 Å². The summed E-state index contributed by atoms with van der Waals surface area (Å²) in [6, 6.07) is 4.63. The molecule has 1 amide bonds. The molecular formula is C15H20BrNO4. The summed E-state index contributed by atoms with van der Waals surface area (Å²) in [4.78, 5) is 22.5. The fraction of sp³-hybridized carbons (Fsp3) is 0.467. The Morgan fingerprint density at radius 2 is 1.95 bits per heavy atom. The quantitative estimate of drug-likeness (QED) is 0.699. The number of halogens is 1. The highest BCUT2D eigenvalue weighted by molar-refractivity contribution is 9.10. The van der Waals surface area contributed by atoms with E-state index in [-0.39, 0.29) is 23.5 Å². The van der Waals surface area contributed by atoms with Crippen LogP contribution in [0.5, 0.6) is 5.75 Å². The van der Waals surface area contributed by atoms with Crippen LogP contribution in [-0.2, 0) is 4.79 Å². The molecule has 0 fully saturated rings. The lowest BCUT2D eigenvalue weighted by molar-refractivity contribution is -0.137. The number of benzene rings is 1. The van der Waals surface area contributed by atoms with Crippen LogP contribution < -0.4 is 5.32 Å². The molecule has 6 heteroatoms. The maximum absolute atomic E-state index is 11.9. The lowest BCUT2D eigenvalue weighted by Crippen LogP contribution is -2.28. The fourth-order valence-corrected chi connectivity index (χ4v) is 2.09. The Morgan fingerprint density at radius 1 is 1.29 bits per heavy atom. The van der Waals surface area contributed by atoms with E-state index in [1.807, 2.05) is 13.8 Å². The van der Waals surface area contributed by atoms with E-state index in [4.69, 9.17) is 5.11 Å². The van der Waals surface area contributed by atoms with Crippen molar-refractivity contribution in [2.75, 3.05) is 6.54 Å². The first-order valence-electron chi connectivity index (χ1n) is 6.70. The van der Waals surface area contributed by atoms with Crippen molar-refractivity contribution in [1.82, 2.24) is 5.32 Å². The molecule has 0 aliphatic rings. The lowest BCUT2D eigenvalue weighted by Gasteiger charge is -2.23. The number of amides is 1. The molecule has 1 rings (SSSR count). The molecule has 1 aromatic rings. The van der Waals surface area contributed by atoms with Crippen molar-refractivity contribution in [1.29, 1.82) is 0 Å². The molecule has 0 aromatic heterocycles. The monoisotopic (exact) mass is 357 g/mol. The van der Waals surface area contributed by atoms with Crippen molar-refractivity contribution < 1.29 is 19.8 Å². The number of nitrogens with one attached hydrogen (secondary N) is 1. The normalized spacial score (nSPS) is 11.2. The largest absolute Gasteiger partial charge is 0.507 e. The number of hydrogen-bond donors (Lipinski definition) is 3. The summed E-state index contributed by atoms with van der Waals surface area (Å²) in [6.45, 7) is 4.42. The minimum atomic E-state index is -0.808. The third-order valence-electron chi connectivity index (χ3n) is 3.31. The molecule has 3 N–H and O–H groups in total. The van der Waals surface area contributed by atoms with E-state index in [1.54, 1.807) is 12.1 Å². The number of carboxylic acids is 1. The molecule has 5 nitrogen and oxygen atoms in total. The van der Waals surface area contributed by atoms with E-state index in [0.717, 1.165) is 0 Å². The second-order valence-corrected chi connectivity index (χ2v) is 6.58. The van der Waals surface area contributed by atoms with Gasteiger partial charge in [0.1, 0.15) is 5.75 Å². The van der Waals surface area contributed by atoms with E-state index >= 15 is 0 Å². The average molecular weight is 358 g/mol. The molecule has 0 aliphatic heterocycles. The van der Waals surface area contributed by atoms with Gasteiger partial charge in [0.15, 0.2) is 0 Å². The van der Waals surface area contributed by atoms with Crippen LogP contribution in [0.3, 0.4) is 0 Å². The number of phenols is 1. The predicted octanol–water partition coefficient (Wildman–Crippen LogP) is 3.17. The number of carbonyl (C=O) groups excluding carboxylic acids is 1. The van der Waals surface area contributed by atoms with Crippen LogP contribution in [0.2, 0.25) is 0 Å². The topological polar surface area (TPSA) is 86.6 Å². The summed E-state index contributed by atoms with van der Waals surface area (Å²) >= 11 is 3.16. The second-order valence-electron chi connectivity index (χ2n) is 5.73. The summed E-state index contributed by atoms with van der Waals surface area (Å²) < 4.78 is 0.536. The number of carboxylic acid groups (broad SMARTS) is 1. The summed E-state index contributed by atoms with van der Waals surface area (Å²) in [5.41, 5.74) is 0.243. The Balaban J connectivity index is 2.46. The molecule has 0 aliphatic carbocycles. The van der Waals surface area contributed by atoms with Gasteiger partial charge < -0.3 is 15.5 Å². The van der Waals surface area contributed by atoms with Crippen LogP contribution in [0.4, 0.5) is 0 Å². The van der Waals surface area contributed by atoms with E-state index in [1.165, 1.54) is 6.07 Å². The van der Waals surface area contributed by atoms with Gasteiger partial charge in [-0.2, -0.15) is 0 Å². The molecule has 0 saturated carbocycles. The highest BCUT2D eigenvalue weighted by atomic mass is 79.9. The third-order valence-corrected chi connectivity index (χ3v) is 3.98. The minimum Gasteiger partial charge on any atom is -0.507 e. The molecule has 21 heavy (non-hydrogen) atoms. The molecule has 0 atom stereocenters. The Bertz CT molecular complexity index is 528. The van der Waals surface area contributed by atoms with Crippen molar-refractivity contribution in [3.8, 4) is 5.75 Å². The predicted molar refractivity (Wildman–Crippen MR) is 83.4 cm³/mol. The maximum Gasteiger partial charge on any atom is 0.303 e. The molecular weight excluding hydrogens is 338 g/mol. The van der Waals surface area contributed by atoms with Gasteiger partial charge in [-0.05, 0) is 52.4 Å². The standard InChI is InChI=1S/C15H20BrNO4/c1-15(2,6-5-13(19)20)7-8-17-14(21)10-3-4-11(16)12(18)9-10/h3-4,9,18H,5-8H2,1-2H3,(H,17,21)(H,19,20). The summed E-state index contributed by atoms with van der Waals surface area (Å²) in [5.74, 6) is -1.05. The Kier molecular flexibility index (Phi) is 6.20. The van der Waals surface area contributed by atoms with Gasteiger partial charge in [0.05, 0.1) is 4.47 Å². The summed E-state index contributed by atoms with van der Waals surface area (Å²) in [6.07, 6.45) is 1.38. The Morgan fingerprint density at radius 3 is 2.52 bits per heavy atom. The van der Waals surface area contributed by atoms with Gasteiger partial charge >= 0.3 is 5.97 Å². The minimum absolute atomic E-state index is 0.0180. The Hall–Kier alpha value is -1.56. The van der Waals surface area contributed by atoms with E-state index in [9.17, 15) is 14.7 Å². The van der Waals surface area contributed by atoms with Crippen molar-refractivity contribution in [3.63, 3.8) is 0 Å². The fourth-order valence-electron chi connectivity index (χ4n) is 1.84. The van der Waals surface area contributed by atoms with Gasteiger partial charge in [-0.25, -0.2) is 0 Å². The van der Waals surface area contributed by atoms with E-state index < -0.39 is 5.97 Å². The first kappa shape index (κ1) is 17.5. The lowest BCUT2D eigenvalue weighted by atomic mass is 9.84. The Labute approximate surface area is 132 Å². The van der Waals surface area contributed by atoms with Gasteiger partial charge in [-0.15, -0.1) is 0 Å². The highest BCUT2D eigenvalue weighted by Crippen LogP contribution is 2.26. The zero-order valence-electron chi connectivity index (χ0n) is 12.1. The number of aromatic hydroxyl groups is 1. The molecule has 1 aromatic carbocycles. The van der Waals surface area contributed by atoms with Gasteiger partial charge in [0.2, 0.25) is 0 Å². The molecule has 0 saturated heterocycles. The van der Waals surface area contributed by atoms with Crippen molar-refractivity contribution in [2.45, 2.75) is 33.1 Å². The van der Waals surface area contributed by atoms with Crippen molar-refractivity contribution in [3.05, 3.63) is 28.2 Å². The number of rotatable bonds is 7. The first-order valence-corrected chi connectivity index (χ1v) is 7.49. The average Bonchev–Trinajstić information content (AvgIpc) is 2.39. The number of carbonyl (C=O) groups is 2. The third kappa shape index (κ3) is 6.16. The van der Waals surface area contributed by atoms with Crippen LogP contribution >= 0.6 is 15.9 Å². The van der Waals surface area contributed by atoms with Crippen LogP contribution in [0.25, 0.3) is 0 Å². The van der Waals surface area contributed by atoms with Crippen LogP contribution in [0.1, 0.15) is 43.5 Å². The summed E-state index contributed by atoms with van der Waals surface area (Å²) in [5, 5.41) is 21.0. The van der Waals surface area contributed by atoms with Gasteiger partial charge in [0.25, 0.3) is 5.91 Å². The molecule has 0 bridgehead atoms. The zero-order chi connectivity index (χ0) is 16.0. The number of phenolic OH excluding ortho intramolecular Hbond substituents is 1. The van der Waals surface area contributed by atoms with E-state index in [0.29, 0.717) is 29.4 Å². The van der Waals surface area contributed by atoms with Gasteiger partial charge in [0, 0.05) is 18.5 Å². The van der Waals surface area contributed by atoms with Crippen molar-refractivity contribution in [2.24, 2.45) is 5.41 Å². The van der Waals surface area contributed by atoms with Crippen LogP contribution in [-0.4, -0.2) is 28.6 Å². The molecule has 0 heterocycles. The highest BCUT2D eigenvalue weighted by Gasteiger charge is 2.19. The molecule has 0 radical (unpaired) electrons. The number of hydrogen-bond acceptors (Lipinski definition) is 3. The zero-order valence-corrected chi connectivity index (χ0v) is 13.7. The smallest absolute Gasteiger partial charge is 0.303 e. The second kappa shape index (κ2) is 7.45. The molecule has 116 valence electrons. The number of aliphatic carboxylic acids is 1. The maximum atomic E-state index is 11.9.